The maximum Gasteiger partial charge on any atom is 0.451 e. The lowest BCUT2D eigenvalue weighted by Crippen LogP contribution is -2.36. The molecule has 1 fully saturated rings. The molecule has 216 valence electrons. The van der Waals surface area contributed by atoms with Gasteiger partial charge in [-0.1, -0.05) is 12.1 Å². The number of hydrogen-bond acceptors (Lipinski definition) is 7. The highest BCUT2D eigenvalue weighted by Crippen LogP contribution is 2.37. The zero-order valence-electron chi connectivity index (χ0n) is 21.4. The molecule has 7 nitrogen and oxygen atoms in total. The molecule has 3 atom stereocenters. The van der Waals surface area contributed by atoms with Gasteiger partial charge < -0.3 is 10.1 Å². The number of likely N-dealkylation sites (tertiary alicyclic amines) is 1. The van der Waals surface area contributed by atoms with Crippen LogP contribution >= 0.6 is 0 Å². The predicted molar refractivity (Wildman–Crippen MR) is 136 cm³/mol. The standard InChI is InChI=1S/C27H23F7N6O/c1-14(17-10-35-26(36-11-17)27(32,33)34)39-25-20-8-16(15-2-4-18(28)5-3-15)9-21(22(20)37-13-38-25)41-19-6-7-40(12-19)24(31)23(29)30/h2-5,8-11,13-14,19,23-24H,6-7,12H2,1H3,(H,37,38,39)/t14-,19?,24?/m1/s1. The summed E-state index contributed by atoms with van der Waals surface area (Å²) in [5.41, 5.74) is 1.95. The van der Waals surface area contributed by atoms with Crippen molar-refractivity contribution in [2.24, 2.45) is 0 Å². The quantitative estimate of drug-likeness (QED) is 0.190. The lowest BCUT2D eigenvalue weighted by atomic mass is 10.0. The number of aromatic nitrogens is 4. The molecule has 1 aliphatic rings. The van der Waals surface area contributed by atoms with Gasteiger partial charge in [-0.3, -0.25) is 4.90 Å². The van der Waals surface area contributed by atoms with Crippen molar-refractivity contribution in [1.29, 1.82) is 0 Å². The van der Waals surface area contributed by atoms with E-state index in [1.807, 2.05) is 0 Å². The van der Waals surface area contributed by atoms with Gasteiger partial charge >= 0.3 is 6.18 Å². The molecule has 14 heteroatoms. The van der Waals surface area contributed by atoms with E-state index in [2.05, 4.69) is 25.3 Å². The van der Waals surface area contributed by atoms with Crippen molar-refractivity contribution in [3.05, 3.63) is 72.3 Å². The zero-order chi connectivity index (χ0) is 29.3. The van der Waals surface area contributed by atoms with Gasteiger partial charge in [0.2, 0.25) is 12.1 Å². The van der Waals surface area contributed by atoms with Crippen molar-refractivity contribution in [3.63, 3.8) is 0 Å². The number of rotatable bonds is 8. The van der Waals surface area contributed by atoms with E-state index in [0.717, 1.165) is 17.3 Å². The Kier molecular flexibility index (Phi) is 7.93. The van der Waals surface area contributed by atoms with Gasteiger partial charge in [0, 0.05) is 36.4 Å². The molecule has 1 saturated heterocycles. The molecule has 0 radical (unpaired) electrons. The topological polar surface area (TPSA) is 76.1 Å². The predicted octanol–water partition coefficient (Wildman–Crippen LogP) is 6.43. The van der Waals surface area contributed by atoms with E-state index >= 15 is 0 Å². The third-order valence-electron chi connectivity index (χ3n) is 6.69. The third kappa shape index (κ3) is 6.32. The van der Waals surface area contributed by atoms with Crippen LogP contribution in [0, 0.1) is 5.82 Å². The van der Waals surface area contributed by atoms with Crippen molar-refractivity contribution < 1.29 is 35.5 Å². The summed E-state index contributed by atoms with van der Waals surface area (Å²) in [7, 11) is 0. The van der Waals surface area contributed by atoms with Crippen LogP contribution in [0.25, 0.3) is 22.0 Å². The molecular weight excluding hydrogens is 557 g/mol. The van der Waals surface area contributed by atoms with Crippen LogP contribution in [-0.2, 0) is 6.18 Å². The first-order valence-corrected chi connectivity index (χ1v) is 12.5. The van der Waals surface area contributed by atoms with Gasteiger partial charge in [0.25, 0.3) is 6.43 Å². The Morgan fingerprint density at radius 3 is 2.34 bits per heavy atom. The third-order valence-corrected chi connectivity index (χ3v) is 6.69. The Bertz CT molecular complexity index is 1500. The van der Waals surface area contributed by atoms with E-state index in [9.17, 15) is 30.7 Å². The second kappa shape index (κ2) is 11.4. The van der Waals surface area contributed by atoms with Crippen molar-refractivity contribution in [3.8, 4) is 16.9 Å². The number of fused-ring (bicyclic) bond motifs is 1. The largest absolute Gasteiger partial charge is 0.487 e. The van der Waals surface area contributed by atoms with Crippen LogP contribution in [0.4, 0.5) is 36.6 Å². The highest BCUT2D eigenvalue weighted by molar-refractivity contribution is 5.96. The summed E-state index contributed by atoms with van der Waals surface area (Å²) in [6.45, 7) is 1.71. The molecule has 2 aromatic heterocycles. The zero-order valence-corrected chi connectivity index (χ0v) is 21.4. The number of nitrogens with one attached hydrogen (secondary N) is 1. The first-order valence-electron chi connectivity index (χ1n) is 12.5. The smallest absolute Gasteiger partial charge is 0.451 e. The molecule has 2 unspecified atom stereocenters. The second-order valence-electron chi connectivity index (χ2n) is 9.53. The first-order chi connectivity index (χ1) is 19.5. The summed E-state index contributed by atoms with van der Waals surface area (Å²) < 4.78 is 98.1. The van der Waals surface area contributed by atoms with Crippen LogP contribution in [-0.4, -0.2) is 56.8 Å². The van der Waals surface area contributed by atoms with Gasteiger partial charge in [0.05, 0.1) is 6.04 Å². The van der Waals surface area contributed by atoms with Crippen LogP contribution < -0.4 is 10.1 Å². The highest BCUT2D eigenvalue weighted by atomic mass is 19.4. The molecule has 3 heterocycles. The van der Waals surface area contributed by atoms with Crippen molar-refractivity contribution in [1.82, 2.24) is 24.8 Å². The van der Waals surface area contributed by atoms with E-state index in [-0.39, 0.29) is 18.8 Å². The van der Waals surface area contributed by atoms with Gasteiger partial charge in [-0.2, -0.15) is 13.2 Å². The van der Waals surface area contributed by atoms with Gasteiger partial charge in [-0.25, -0.2) is 37.5 Å². The lowest BCUT2D eigenvalue weighted by Gasteiger charge is -2.21. The Labute approximate surface area is 229 Å². The van der Waals surface area contributed by atoms with Crippen LogP contribution in [0.3, 0.4) is 0 Å². The minimum atomic E-state index is -4.67. The maximum atomic E-state index is 13.9. The molecule has 1 N–H and O–H groups in total. The minimum Gasteiger partial charge on any atom is -0.487 e. The van der Waals surface area contributed by atoms with E-state index in [0.29, 0.717) is 39.8 Å². The van der Waals surface area contributed by atoms with Crippen LogP contribution in [0.1, 0.15) is 30.8 Å². The summed E-state index contributed by atoms with van der Waals surface area (Å²) in [6.07, 6.45) is -7.12. The van der Waals surface area contributed by atoms with Crippen LogP contribution in [0.2, 0.25) is 0 Å². The first kappa shape index (κ1) is 28.5. The molecule has 2 aromatic carbocycles. The number of nitrogens with zero attached hydrogens (tertiary/aromatic N) is 5. The minimum absolute atomic E-state index is 0.0606. The molecule has 1 aliphatic heterocycles. The fourth-order valence-corrected chi connectivity index (χ4v) is 4.56. The highest BCUT2D eigenvalue weighted by Gasteiger charge is 2.35. The summed E-state index contributed by atoms with van der Waals surface area (Å²) in [5.74, 6) is -1.11. The molecule has 5 rings (SSSR count). The van der Waals surface area contributed by atoms with Gasteiger partial charge in [0.15, 0.2) is 0 Å². The van der Waals surface area contributed by atoms with E-state index in [1.165, 1.54) is 18.5 Å². The Morgan fingerprint density at radius 1 is 0.976 bits per heavy atom. The Balaban J connectivity index is 1.49. The van der Waals surface area contributed by atoms with Gasteiger partial charge in [0.1, 0.15) is 35.3 Å². The number of anilines is 1. The number of alkyl halides is 6. The number of benzene rings is 2. The van der Waals surface area contributed by atoms with E-state index < -0.39 is 42.7 Å². The number of ether oxygens (including phenoxy) is 1. The van der Waals surface area contributed by atoms with Crippen molar-refractivity contribution in [2.75, 3.05) is 18.4 Å². The van der Waals surface area contributed by atoms with Crippen LogP contribution in [0.15, 0.2) is 55.1 Å². The fraction of sp³-hybridized carbons (Fsp3) is 0.333. The second-order valence-corrected chi connectivity index (χ2v) is 9.53. The summed E-state index contributed by atoms with van der Waals surface area (Å²) >= 11 is 0. The molecule has 4 aromatic rings. The normalized spacial score (nSPS) is 17.6. The monoisotopic (exact) mass is 580 g/mol. The molecule has 0 spiro atoms. The Hall–Kier alpha value is -4.07. The molecule has 0 aliphatic carbocycles. The molecule has 0 amide bonds. The summed E-state index contributed by atoms with van der Waals surface area (Å²) in [6, 6.07) is 8.53. The van der Waals surface area contributed by atoms with E-state index in [1.54, 1.807) is 31.2 Å². The number of halogens is 7. The lowest BCUT2D eigenvalue weighted by molar-refractivity contribution is -0.145. The molecular formula is C27H23F7N6O. The fourth-order valence-electron chi connectivity index (χ4n) is 4.56. The molecule has 41 heavy (non-hydrogen) atoms. The SMILES string of the molecule is C[C@@H](Nc1ncnc2c(OC3CCN(C(F)C(F)F)C3)cc(-c3ccc(F)cc3)cc12)c1cnc(C(F)(F)F)nc1. The summed E-state index contributed by atoms with van der Waals surface area (Å²) in [4.78, 5) is 16.5. The van der Waals surface area contributed by atoms with Gasteiger partial charge in [-0.15, -0.1) is 0 Å². The molecule has 0 bridgehead atoms. The average molecular weight is 581 g/mol. The Morgan fingerprint density at radius 2 is 1.68 bits per heavy atom. The average Bonchev–Trinajstić information content (AvgIpc) is 3.41. The number of hydrogen-bond donors (Lipinski definition) is 1. The van der Waals surface area contributed by atoms with E-state index in [4.69, 9.17) is 4.74 Å². The van der Waals surface area contributed by atoms with Crippen LogP contribution in [0.5, 0.6) is 5.75 Å². The summed E-state index contributed by atoms with van der Waals surface area (Å²) in [5, 5.41) is 3.60. The van der Waals surface area contributed by atoms with Crippen molar-refractivity contribution in [2.45, 2.75) is 44.4 Å². The molecule has 0 saturated carbocycles. The van der Waals surface area contributed by atoms with Gasteiger partial charge in [-0.05, 0) is 48.7 Å². The van der Waals surface area contributed by atoms with Crippen molar-refractivity contribution >= 4 is 16.7 Å². The maximum absolute atomic E-state index is 13.9.